The van der Waals surface area contributed by atoms with Crippen molar-refractivity contribution in [3.63, 3.8) is 0 Å². The second kappa shape index (κ2) is 4.71. The molecule has 0 amide bonds. The number of terminal acetylenes is 1. The van der Waals surface area contributed by atoms with E-state index in [1.807, 2.05) is 6.92 Å². The summed E-state index contributed by atoms with van der Waals surface area (Å²) < 4.78 is 50.7. The van der Waals surface area contributed by atoms with Gasteiger partial charge in [-0.15, -0.1) is 6.42 Å². The van der Waals surface area contributed by atoms with Gasteiger partial charge in [-0.3, -0.25) is 4.79 Å². The van der Waals surface area contributed by atoms with Gasteiger partial charge in [0.1, 0.15) is 5.60 Å². The van der Waals surface area contributed by atoms with Crippen LogP contribution in [0.2, 0.25) is 0 Å². The first-order valence-corrected chi connectivity index (χ1v) is 8.20. The predicted octanol–water partition coefficient (Wildman–Crippen LogP) is 3.49. The summed E-state index contributed by atoms with van der Waals surface area (Å²) in [6, 6.07) is -0.658. The van der Waals surface area contributed by atoms with Crippen molar-refractivity contribution in [1.29, 1.82) is 0 Å². The Kier molecular flexibility index (Phi) is 1.99. The zero-order valence-electron chi connectivity index (χ0n) is 18.9. The predicted molar refractivity (Wildman–Crippen MR) is 85.9 cm³/mol. The van der Waals surface area contributed by atoms with E-state index < -0.39 is 47.9 Å². The molecule has 1 N–H and O–H groups in total. The first-order valence-electron chi connectivity index (χ1n) is 11.2. The Morgan fingerprint density at radius 3 is 2.95 bits per heavy atom. The summed E-state index contributed by atoms with van der Waals surface area (Å²) in [4.78, 5) is 12.3. The average Bonchev–Trinajstić information content (AvgIpc) is 2.84. The summed E-state index contributed by atoms with van der Waals surface area (Å²) in [5.74, 6) is -0.746. The first kappa shape index (κ1) is 9.28. The van der Waals surface area contributed by atoms with Gasteiger partial charge in [-0.1, -0.05) is 18.4 Å². The Hall–Kier alpha value is -1.07. The molecule has 0 aromatic carbocycles. The van der Waals surface area contributed by atoms with Crippen molar-refractivity contribution in [1.82, 2.24) is 0 Å². The van der Waals surface area contributed by atoms with Crippen molar-refractivity contribution in [3.05, 3.63) is 11.6 Å². The van der Waals surface area contributed by atoms with E-state index >= 15 is 0 Å². The van der Waals surface area contributed by atoms with E-state index in [2.05, 4.69) is 5.92 Å². The third-order valence-corrected chi connectivity index (χ3v) is 6.79. The quantitative estimate of drug-likeness (QED) is 0.696. The van der Waals surface area contributed by atoms with Gasteiger partial charge in [0.05, 0.1) is 1.37 Å². The molecule has 0 aromatic rings. The molecule has 0 bridgehead atoms. The summed E-state index contributed by atoms with van der Waals surface area (Å²) in [5.41, 5.74) is -1.96. The monoisotopic (exact) mass is 304 g/mol. The van der Waals surface area contributed by atoms with E-state index in [1.54, 1.807) is 0 Å². The molecule has 4 unspecified atom stereocenters. The maximum atomic E-state index is 12.3. The van der Waals surface area contributed by atoms with Crippen LogP contribution in [-0.2, 0) is 4.79 Å². The average molecular weight is 304 g/mol. The molecule has 4 aliphatic carbocycles. The van der Waals surface area contributed by atoms with E-state index in [0.29, 0.717) is 25.7 Å². The van der Waals surface area contributed by atoms with Gasteiger partial charge < -0.3 is 5.11 Å². The van der Waals surface area contributed by atoms with Crippen LogP contribution >= 0.6 is 0 Å². The number of ketones is 1. The van der Waals surface area contributed by atoms with Gasteiger partial charge in [-0.25, -0.2) is 0 Å². The number of fused-ring (bicyclic) bond motifs is 5. The molecule has 3 fully saturated rings. The lowest BCUT2D eigenvalue weighted by atomic mass is 9.50. The molecule has 118 valence electrons. The lowest BCUT2D eigenvalue weighted by Crippen LogP contribution is -2.52. The van der Waals surface area contributed by atoms with Crippen molar-refractivity contribution in [2.75, 3.05) is 0 Å². The Morgan fingerprint density at radius 1 is 1.36 bits per heavy atom. The standard InChI is InChI=1S/C20H26O2/c1-3-20(22)11-9-18-17-6-4-13-12-14(21)5-7-15(13)16(17)8-10-19(18,20)2/h1,12,15-18,22H,4-11H2,2H3/t15?,16?,17?,18?,19-,20-/m0/s1/i4D2,5D2,12D,15D. The summed E-state index contributed by atoms with van der Waals surface area (Å²) in [6.07, 6.45) is 3.10. The van der Waals surface area contributed by atoms with Gasteiger partial charge in [-0.05, 0) is 74.6 Å². The van der Waals surface area contributed by atoms with Crippen LogP contribution in [0, 0.1) is 41.4 Å². The van der Waals surface area contributed by atoms with Gasteiger partial charge in [0.15, 0.2) is 5.78 Å². The SMILES string of the molecule is [2H]C1=C2C([2H])([2H])CC3C(CC[C@@]4(C)C3CC[C@@]4(O)C#C)C2([2H])CC([2H])([2H])C1=O. The molecule has 0 aromatic heterocycles. The summed E-state index contributed by atoms with van der Waals surface area (Å²) >= 11 is 0. The summed E-state index contributed by atoms with van der Waals surface area (Å²) in [5, 5.41) is 11.0. The molecular formula is C20H26O2. The summed E-state index contributed by atoms with van der Waals surface area (Å²) in [7, 11) is 0. The van der Waals surface area contributed by atoms with Gasteiger partial charge in [-0.2, -0.15) is 0 Å². The Labute approximate surface area is 141 Å². The molecule has 6 atom stereocenters. The number of rotatable bonds is 0. The van der Waals surface area contributed by atoms with Gasteiger partial charge in [0, 0.05) is 18.6 Å². The van der Waals surface area contributed by atoms with Crippen LogP contribution in [0.4, 0.5) is 0 Å². The molecule has 0 radical (unpaired) electrons. The van der Waals surface area contributed by atoms with Crippen molar-refractivity contribution < 1.29 is 18.1 Å². The first-order chi connectivity index (χ1) is 12.7. The Bertz CT molecular complexity index is 829. The molecule has 22 heavy (non-hydrogen) atoms. The molecule has 4 rings (SSSR count). The smallest absolute Gasteiger partial charge is 0.155 e. The number of allylic oxidation sites excluding steroid dienone is 1. The molecule has 2 heteroatoms. The fourth-order valence-corrected chi connectivity index (χ4v) is 5.45. The normalized spacial score (nSPS) is 62.8. The van der Waals surface area contributed by atoms with Crippen molar-refractivity contribution in [2.45, 2.75) is 63.8 Å². The Balaban J connectivity index is 1.85. The fraction of sp³-hybridized carbons (Fsp3) is 0.750. The van der Waals surface area contributed by atoms with Crippen molar-refractivity contribution >= 4 is 5.78 Å². The zero-order chi connectivity index (χ0) is 20.9. The molecule has 0 spiro atoms. The lowest BCUT2D eigenvalue weighted by molar-refractivity contribution is -0.116. The van der Waals surface area contributed by atoms with Crippen LogP contribution in [0.1, 0.15) is 66.4 Å². The zero-order valence-corrected chi connectivity index (χ0v) is 12.9. The molecule has 3 saturated carbocycles. The number of carbonyl (C=O) groups excluding carboxylic acids is 1. The van der Waals surface area contributed by atoms with Crippen LogP contribution < -0.4 is 0 Å². The fourth-order valence-electron chi connectivity index (χ4n) is 5.45. The van der Waals surface area contributed by atoms with Gasteiger partial charge >= 0.3 is 0 Å². The molecule has 0 aliphatic heterocycles. The minimum absolute atomic E-state index is 0.0659. The van der Waals surface area contributed by atoms with E-state index in [-0.39, 0.29) is 29.7 Å². The lowest BCUT2D eigenvalue weighted by Gasteiger charge is -2.54. The highest BCUT2D eigenvalue weighted by atomic mass is 16.3. The summed E-state index contributed by atoms with van der Waals surface area (Å²) in [6.45, 7) is 1.96. The second-order valence-electron chi connectivity index (χ2n) is 7.47. The topological polar surface area (TPSA) is 37.3 Å². The van der Waals surface area contributed by atoms with E-state index in [0.717, 1.165) is 0 Å². The largest absolute Gasteiger partial charge is 0.377 e. The van der Waals surface area contributed by atoms with Crippen molar-refractivity contribution in [2.24, 2.45) is 29.1 Å². The number of hydrogen-bond donors (Lipinski definition) is 1. The highest BCUT2D eigenvalue weighted by molar-refractivity contribution is 5.91. The molecule has 0 saturated heterocycles. The number of aliphatic hydroxyl groups is 1. The van der Waals surface area contributed by atoms with E-state index in [9.17, 15) is 11.3 Å². The highest BCUT2D eigenvalue weighted by Gasteiger charge is 2.61. The van der Waals surface area contributed by atoms with Crippen molar-refractivity contribution in [3.8, 4) is 12.3 Å². The third kappa shape index (κ3) is 1.75. The van der Waals surface area contributed by atoms with Crippen LogP contribution in [0.25, 0.3) is 0 Å². The second-order valence-corrected chi connectivity index (χ2v) is 7.47. The molecule has 0 heterocycles. The van der Waals surface area contributed by atoms with Crippen LogP contribution in [0.3, 0.4) is 0 Å². The number of carbonyl (C=O) groups is 1. The van der Waals surface area contributed by atoms with Crippen LogP contribution in [0.5, 0.6) is 0 Å². The van der Waals surface area contributed by atoms with Crippen LogP contribution in [-0.4, -0.2) is 16.5 Å². The number of hydrogen-bond acceptors (Lipinski definition) is 2. The molecular weight excluding hydrogens is 272 g/mol. The molecule has 2 nitrogen and oxygen atoms in total. The maximum Gasteiger partial charge on any atom is 0.155 e. The highest BCUT2D eigenvalue weighted by Crippen LogP contribution is 2.64. The Morgan fingerprint density at radius 2 is 2.18 bits per heavy atom. The third-order valence-electron chi connectivity index (χ3n) is 6.79. The van der Waals surface area contributed by atoms with E-state index in [1.165, 1.54) is 0 Å². The maximum absolute atomic E-state index is 12.3. The van der Waals surface area contributed by atoms with E-state index in [4.69, 9.17) is 13.3 Å². The van der Waals surface area contributed by atoms with Crippen LogP contribution in [0.15, 0.2) is 11.6 Å². The minimum atomic E-state index is -2.34. The van der Waals surface area contributed by atoms with Gasteiger partial charge in [0.25, 0.3) is 0 Å². The molecule has 4 aliphatic rings. The van der Waals surface area contributed by atoms with Gasteiger partial charge in [0.2, 0.25) is 0 Å². The minimum Gasteiger partial charge on any atom is -0.377 e.